The number of carbonyl (C=O) groups excluding carboxylic acids is 5. The molecule has 3 aliphatic heterocycles. The van der Waals surface area contributed by atoms with Gasteiger partial charge < -0.3 is 60.0 Å². The third kappa shape index (κ3) is 11.8. The smallest absolute Gasteiger partial charge is 0.325 e. The van der Waals surface area contributed by atoms with Crippen LogP contribution >= 0.6 is 0 Å². The molecular formula is C50H69N5O14. The highest BCUT2D eigenvalue weighted by atomic mass is 16.6. The molecule has 1 fully saturated rings. The molecule has 7 N–H and O–H groups in total. The number of ketones is 1. The molecule has 0 aliphatic carbocycles. The Morgan fingerprint density at radius 3 is 2.17 bits per heavy atom. The van der Waals surface area contributed by atoms with Gasteiger partial charge in [0.15, 0.2) is 17.5 Å². The van der Waals surface area contributed by atoms with Crippen LogP contribution in [0.5, 0.6) is 17.2 Å². The molecule has 9 atom stereocenters. The van der Waals surface area contributed by atoms with E-state index in [0.717, 1.165) is 19.9 Å². The fourth-order valence-corrected chi connectivity index (χ4v) is 9.40. The van der Waals surface area contributed by atoms with E-state index in [4.69, 9.17) is 24.2 Å². The summed E-state index contributed by atoms with van der Waals surface area (Å²) in [5, 5.41) is 61.8. The molecule has 2 aromatic carbocycles. The van der Waals surface area contributed by atoms with Crippen LogP contribution in [0.15, 0.2) is 46.1 Å². The van der Waals surface area contributed by atoms with E-state index in [0.29, 0.717) is 31.8 Å². The summed E-state index contributed by atoms with van der Waals surface area (Å²) in [4.78, 5) is 76.9. The number of likely N-dealkylation sites (tertiary alicyclic amines) is 1. The van der Waals surface area contributed by atoms with Gasteiger partial charge in [-0.2, -0.15) is 0 Å². The van der Waals surface area contributed by atoms with Gasteiger partial charge in [0.05, 0.1) is 48.0 Å². The SMILES string of the molecule is COC(=O)CNC(=O)CC(=O)O[C@@H]([C@H](C)[C@H](O)[C@H](C)[C@@H](O)[C@@H](C)/C=C/C=C(/C)C(=O)Nc1c(O)c2c(O)c(C)c3c(c2c2c1=NC1(CCN(CC(C)C)CC1)N=2)C(=O)C(C)O3)[C@H](C)[C@H](/C=C/O)OC. The highest BCUT2D eigenvalue weighted by Gasteiger charge is 2.42. The normalized spacial score (nSPS) is 20.3. The lowest BCUT2D eigenvalue weighted by molar-refractivity contribution is -0.164. The van der Waals surface area contributed by atoms with E-state index in [-0.39, 0.29) is 61.2 Å². The first-order valence-corrected chi connectivity index (χ1v) is 23.4. The number of carbonyl (C=O) groups is 5. The van der Waals surface area contributed by atoms with Gasteiger partial charge in [-0.1, -0.05) is 59.8 Å². The lowest BCUT2D eigenvalue weighted by Gasteiger charge is -2.38. The summed E-state index contributed by atoms with van der Waals surface area (Å²) in [6, 6.07) is 0. The summed E-state index contributed by atoms with van der Waals surface area (Å²) in [5.74, 6) is -6.43. The van der Waals surface area contributed by atoms with Crippen molar-refractivity contribution in [3.05, 3.63) is 58.0 Å². The number of benzene rings is 2. The molecule has 0 bridgehead atoms. The maximum atomic E-state index is 13.9. The number of piperidine rings is 1. The Balaban J connectivity index is 1.37. The van der Waals surface area contributed by atoms with Crippen LogP contribution in [-0.2, 0) is 33.4 Å². The molecule has 3 heterocycles. The van der Waals surface area contributed by atoms with Crippen LogP contribution in [0.2, 0.25) is 0 Å². The van der Waals surface area contributed by atoms with E-state index in [1.165, 1.54) is 19.3 Å². The zero-order chi connectivity index (χ0) is 51.2. The van der Waals surface area contributed by atoms with Crippen LogP contribution in [0.4, 0.5) is 5.69 Å². The average Bonchev–Trinajstić information content (AvgIpc) is 3.84. The highest BCUT2D eigenvalue weighted by molar-refractivity contribution is 6.18. The van der Waals surface area contributed by atoms with Crippen LogP contribution in [0.25, 0.3) is 10.8 Å². The van der Waals surface area contributed by atoms with E-state index >= 15 is 0 Å². The Morgan fingerprint density at radius 2 is 1.57 bits per heavy atom. The number of anilines is 1. The Kier molecular flexibility index (Phi) is 17.8. The van der Waals surface area contributed by atoms with Gasteiger partial charge in [0, 0.05) is 79.8 Å². The number of aromatic hydroxyl groups is 2. The molecule has 69 heavy (non-hydrogen) atoms. The van der Waals surface area contributed by atoms with Crippen molar-refractivity contribution >= 4 is 46.0 Å². The summed E-state index contributed by atoms with van der Waals surface area (Å²) in [6.45, 7) is 17.6. The summed E-state index contributed by atoms with van der Waals surface area (Å²) in [6.07, 6.45) is 2.09. The van der Waals surface area contributed by atoms with E-state index < -0.39 is 102 Å². The topological polar surface area (TPSA) is 275 Å². The molecule has 0 radical (unpaired) electrons. The second-order valence-corrected chi connectivity index (χ2v) is 19.0. The maximum absolute atomic E-state index is 13.9. The quantitative estimate of drug-likeness (QED) is 0.0249. The highest BCUT2D eigenvalue weighted by Crippen LogP contribution is 2.47. The minimum absolute atomic E-state index is 0.0473. The van der Waals surface area contributed by atoms with Crippen LogP contribution in [0.1, 0.15) is 90.6 Å². The lowest BCUT2D eigenvalue weighted by atomic mass is 9.78. The number of esters is 2. The molecule has 0 aromatic heterocycles. The lowest BCUT2D eigenvalue weighted by Crippen LogP contribution is -2.47. The first kappa shape index (κ1) is 54.1. The largest absolute Gasteiger partial charge is 0.516 e. The fraction of sp³-hybridized carbons (Fsp3) is 0.580. The number of phenolic OH excluding ortho intramolecular Hbond substituents is 2. The molecule has 1 unspecified atom stereocenters. The number of ether oxygens (including phenoxy) is 4. The molecule has 2 aromatic rings. The third-order valence-electron chi connectivity index (χ3n) is 13.5. The van der Waals surface area contributed by atoms with Gasteiger partial charge in [-0.15, -0.1) is 0 Å². The molecule has 0 saturated carbocycles. The minimum atomic E-state index is -1.28. The van der Waals surface area contributed by atoms with Gasteiger partial charge in [0.1, 0.15) is 41.6 Å². The van der Waals surface area contributed by atoms with Gasteiger partial charge in [-0.25, -0.2) is 0 Å². The van der Waals surface area contributed by atoms with Gasteiger partial charge in [-0.3, -0.25) is 34.0 Å². The molecular weight excluding hydrogens is 895 g/mol. The van der Waals surface area contributed by atoms with Crippen LogP contribution in [-0.4, -0.2) is 137 Å². The summed E-state index contributed by atoms with van der Waals surface area (Å²) < 4.78 is 21.6. The predicted octanol–water partition coefficient (Wildman–Crippen LogP) is 3.61. The summed E-state index contributed by atoms with van der Waals surface area (Å²) in [5.41, 5.74) is -0.341. The number of allylic oxidation sites excluding steroid dienone is 2. The Morgan fingerprint density at radius 1 is 0.913 bits per heavy atom. The summed E-state index contributed by atoms with van der Waals surface area (Å²) >= 11 is 0. The molecule has 2 amide bonds. The van der Waals surface area contributed by atoms with Crippen LogP contribution < -0.4 is 26.1 Å². The molecule has 1 spiro atoms. The zero-order valence-corrected chi connectivity index (χ0v) is 41.4. The predicted molar refractivity (Wildman–Crippen MR) is 254 cm³/mol. The first-order valence-electron chi connectivity index (χ1n) is 23.4. The van der Waals surface area contributed by atoms with E-state index in [1.807, 2.05) is 0 Å². The number of aliphatic hydroxyl groups is 3. The van der Waals surface area contributed by atoms with Crippen molar-refractivity contribution in [2.75, 3.05) is 45.7 Å². The number of aliphatic hydroxyl groups excluding tert-OH is 3. The van der Waals surface area contributed by atoms with Crippen LogP contribution in [0, 0.1) is 36.5 Å². The molecule has 19 heteroatoms. The first-order chi connectivity index (χ1) is 32.5. The number of methoxy groups -OCH3 is 2. The number of fused-ring (bicyclic) bond motifs is 5. The molecule has 1 saturated heterocycles. The van der Waals surface area contributed by atoms with Gasteiger partial charge >= 0.3 is 11.9 Å². The van der Waals surface area contributed by atoms with Gasteiger partial charge in [0.25, 0.3) is 5.91 Å². The zero-order valence-electron chi connectivity index (χ0n) is 41.4. The van der Waals surface area contributed by atoms with Crippen molar-refractivity contribution < 1.29 is 68.5 Å². The minimum Gasteiger partial charge on any atom is -0.516 e. The van der Waals surface area contributed by atoms with Crippen molar-refractivity contribution in [3.63, 3.8) is 0 Å². The number of nitrogens with one attached hydrogen (secondary N) is 2. The molecule has 3 aliphatic rings. The van der Waals surface area contributed by atoms with Crippen molar-refractivity contribution in [1.29, 1.82) is 0 Å². The van der Waals surface area contributed by atoms with Crippen molar-refractivity contribution in [2.24, 2.45) is 39.6 Å². The number of hydrogen-bond donors (Lipinski definition) is 7. The Bertz CT molecular complexity index is 2510. The summed E-state index contributed by atoms with van der Waals surface area (Å²) in [7, 11) is 2.54. The van der Waals surface area contributed by atoms with E-state index in [9.17, 15) is 49.5 Å². The Labute approximate surface area is 402 Å². The number of nitrogens with zero attached hydrogens (tertiary/aromatic N) is 3. The third-order valence-corrected chi connectivity index (χ3v) is 13.5. The second-order valence-electron chi connectivity index (χ2n) is 19.0. The van der Waals surface area contributed by atoms with Crippen molar-refractivity contribution in [3.8, 4) is 17.2 Å². The number of Topliss-reactive ketones (excluding diaryl/α,β-unsaturated/α-hetero) is 1. The van der Waals surface area contributed by atoms with Crippen LogP contribution in [0.3, 0.4) is 0 Å². The van der Waals surface area contributed by atoms with Gasteiger partial charge in [0.2, 0.25) is 11.7 Å². The van der Waals surface area contributed by atoms with Crippen molar-refractivity contribution in [2.45, 2.75) is 118 Å². The number of amides is 2. The number of hydrogen-bond acceptors (Lipinski definition) is 17. The Hall–Kier alpha value is -5.89. The molecule has 5 rings (SSSR count). The fourth-order valence-electron chi connectivity index (χ4n) is 9.40. The monoisotopic (exact) mass is 963 g/mol. The maximum Gasteiger partial charge on any atom is 0.325 e. The number of phenols is 2. The standard InChI is InChI=1S/C50H69N5O14/c1-24(2)23-55-18-16-50(17-19-55)53-39-36-37(44(62)30(8)48-38(36)45(63)31(9)68-48)46(64)41(40(39)54-50)52-49(65)26(4)14-12-13-25(3)42(60)28(6)43(61)29(7)47(27(5)32(66-10)15-20-56)69-34(58)21-33(57)51-22-35(59)67-11/h12-15,20,24-25,27-29,31-32,42-43,47,56,60-62,64H,16-19,21-23H2,1-11H3,(H,51,57)(H,52,65)/b13-12+,20-15+,26-14-/t25-,27+,28+,29+,31?,32-,42-,43+,47+/m0/s1. The van der Waals surface area contributed by atoms with E-state index in [1.54, 1.807) is 60.6 Å². The van der Waals surface area contributed by atoms with Gasteiger partial charge in [-0.05, 0) is 32.8 Å². The van der Waals surface area contributed by atoms with Crippen molar-refractivity contribution in [1.82, 2.24) is 10.2 Å². The molecule has 19 nitrogen and oxygen atoms in total. The van der Waals surface area contributed by atoms with E-state index in [2.05, 4.69) is 34.1 Å². The number of rotatable bonds is 20. The average molecular weight is 964 g/mol. The molecule has 378 valence electrons. The second kappa shape index (κ2) is 22.7.